The summed E-state index contributed by atoms with van der Waals surface area (Å²) < 4.78 is 5.49. The quantitative estimate of drug-likeness (QED) is 0.779. The lowest BCUT2D eigenvalue weighted by Crippen LogP contribution is -2.35. The van der Waals surface area contributed by atoms with Crippen molar-refractivity contribution < 1.29 is 4.52 Å². The first kappa shape index (κ1) is 17.0. The maximum Gasteiger partial charge on any atom is 0.252 e. The van der Waals surface area contributed by atoms with E-state index < -0.39 is 0 Å². The minimum Gasteiger partial charge on any atom is -0.339 e. The van der Waals surface area contributed by atoms with Crippen LogP contribution in [0.1, 0.15) is 55.8 Å². The summed E-state index contributed by atoms with van der Waals surface area (Å²) in [6, 6.07) is 9.88. The number of rotatable bonds is 4. The van der Waals surface area contributed by atoms with E-state index in [4.69, 9.17) is 4.52 Å². The number of likely N-dealkylation sites (tertiary alicyclic amines) is 1. The molecule has 136 valence electrons. The Balaban J connectivity index is 1.51. The number of nitrogens with one attached hydrogen (secondary N) is 1. The molecule has 1 aliphatic heterocycles. The van der Waals surface area contributed by atoms with Crippen LogP contribution in [0.4, 0.5) is 0 Å². The Kier molecular flexibility index (Phi) is 4.59. The fourth-order valence-electron chi connectivity index (χ4n) is 3.60. The molecule has 1 N–H and O–H groups in total. The fraction of sp³-hybridized carbons (Fsp3) is 0.450. The van der Waals surface area contributed by atoms with Gasteiger partial charge >= 0.3 is 0 Å². The highest BCUT2D eigenvalue weighted by Gasteiger charge is 2.26. The van der Waals surface area contributed by atoms with Gasteiger partial charge in [0.05, 0.1) is 5.92 Å². The number of piperidine rings is 1. The Hall–Kier alpha value is -2.47. The molecule has 6 nitrogen and oxygen atoms in total. The summed E-state index contributed by atoms with van der Waals surface area (Å²) in [6.45, 7) is 6.59. The first-order chi connectivity index (χ1) is 12.6. The predicted octanol–water partition coefficient (Wildman–Crippen LogP) is 3.41. The Morgan fingerprint density at radius 2 is 2.19 bits per heavy atom. The molecule has 0 amide bonds. The van der Waals surface area contributed by atoms with Gasteiger partial charge in [-0.1, -0.05) is 37.2 Å². The van der Waals surface area contributed by atoms with E-state index in [1.807, 2.05) is 30.3 Å². The summed E-state index contributed by atoms with van der Waals surface area (Å²) >= 11 is 0. The third kappa shape index (κ3) is 3.42. The van der Waals surface area contributed by atoms with Crippen LogP contribution in [0.25, 0.3) is 10.9 Å². The maximum atomic E-state index is 12.4. The summed E-state index contributed by atoms with van der Waals surface area (Å²) in [5, 5.41) is 5.15. The first-order valence-corrected chi connectivity index (χ1v) is 9.27. The summed E-state index contributed by atoms with van der Waals surface area (Å²) in [6.07, 6.45) is 2.11. The Labute approximate surface area is 152 Å². The molecular formula is C20H24N4O2. The number of aromatic nitrogens is 3. The Bertz CT molecular complexity index is 960. The first-order valence-electron chi connectivity index (χ1n) is 9.27. The van der Waals surface area contributed by atoms with Crippen molar-refractivity contribution in [3.63, 3.8) is 0 Å². The summed E-state index contributed by atoms with van der Waals surface area (Å²) in [5.41, 5.74) is 1.67. The molecule has 1 atom stereocenters. The number of nitrogens with zero attached hydrogens (tertiary/aromatic N) is 3. The van der Waals surface area contributed by atoms with E-state index in [2.05, 4.69) is 33.9 Å². The molecule has 4 rings (SSSR count). The fourth-order valence-corrected chi connectivity index (χ4v) is 3.60. The molecule has 0 radical (unpaired) electrons. The SMILES string of the molecule is CC(C)c1noc([C@H]2CCCN(Cc3cc4ccccc4[nH]c3=O)C2)n1. The number of fused-ring (bicyclic) bond motifs is 1. The predicted molar refractivity (Wildman–Crippen MR) is 100 cm³/mol. The van der Waals surface area contributed by atoms with Crippen LogP contribution in [0.15, 0.2) is 39.6 Å². The highest BCUT2D eigenvalue weighted by atomic mass is 16.5. The van der Waals surface area contributed by atoms with Crippen LogP contribution < -0.4 is 5.56 Å². The van der Waals surface area contributed by atoms with Crippen LogP contribution in [-0.2, 0) is 6.54 Å². The number of H-pyrrole nitrogens is 1. The monoisotopic (exact) mass is 352 g/mol. The largest absolute Gasteiger partial charge is 0.339 e. The van der Waals surface area contributed by atoms with E-state index in [9.17, 15) is 4.79 Å². The van der Waals surface area contributed by atoms with Gasteiger partial charge in [-0.2, -0.15) is 4.98 Å². The number of benzene rings is 1. The van der Waals surface area contributed by atoms with E-state index in [0.717, 1.165) is 54.1 Å². The van der Waals surface area contributed by atoms with E-state index >= 15 is 0 Å². The van der Waals surface area contributed by atoms with Crippen molar-refractivity contribution in [1.29, 1.82) is 0 Å². The van der Waals surface area contributed by atoms with Gasteiger partial charge in [0.15, 0.2) is 5.82 Å². The van der Waals surface area contributed by atoms with Crippen molar-refractivity contribution in [2.24, 2.45) is 0 Å². The maximum absolute atomic E-state index is 12.4. The number of aromatic amines is 1. The van der Waals surface area contributed by atoms with Gasteiger partial charge in [-0.15, -0.1) is 0 Å². The lowest BCUT2D eigenvalue weighted by atomic mass is 9.97. The second-order valence-electron chi connectivity index (χ2n) is 7.43. The van der Waals surface area contributed by atoms with Crippen LogP contribution in [0.2, 0.25) is 0 Å². The molecule has 2 aromatic heterocycles. The van der Waals surface area contributed by atoms with E-state index in [1.165, 1.54) is 0 Å². The highest BCUT2D eigenvalue weighted by Crippen LogP contribution is 2.27. The van der Waals surface area contributed by atoms with E-state index in [0.29, 0.717) is 6.54 Å². The van der Waals surface area contributed by atoms with Gasteiger partial charge in [-0.3, -0.25) is 9.69 Å². The lowest BCUT2D eigenvalue weighted by Gasteiger charge is -2.30. The molecule has 3 aromatic rings. The summed E-state index contributed by atoms with van der Waals surface area (Å²) in [7, 11) is 0. The number of hydrogen-bond acceptors (Lipinski definition) is 5. The molecule has 1 fully saturated rings. The second kappa shape index (κ2) is 7.03. The van der Waals surface area contributed by atoms with Gasteiger partial charge in [0.1, 0.15) is 0 Å². The Morgan fingerprint density at radius 1 is 1.35 bits per heavy atom. The molecule has 1 saturated heterocycles. The van der Waals surface area contributed by atoms with Gasteiger partial charge < -0.3 is 9.51 Å². The molecule has 26 heavy (non-hydrogen) atoms. The van der Waals surface area contributed by atoms with Crippen LogP contribution in [0.5, 0.6) is 0 Å². The third-order valence-electron chi connectivity index (χ3n) is 5.05. The van der Waals surface area contributed by atoms with Crippen molar-refractivity contribution in [2.45, 2.75) is 45.1 Å². The van der Waals surface area contributed by atoms with Gasteiger partial charge in [0, 0.05) is 30.1 Å². The van der Waals surface area contributed by atoms with Gasteiger partial charge in [-0.05, 0) is 36.9 Å². The van der Waals surface area contributed by atoms with Crippen molar-refractivity contribution >= 4 is 10.9 Å². The molecular weight excluding hydrogens is 328 g/mol. The van der Waals surface area contributed by atoms with Crippen LogP contribution in [0.3, 0.4) is 0 Å². The van der Waals surface area contributed by atoms with Crippen molar-refractivity contribution in [1.82, 2.24) is 20.0 Å². The van der Waals surface area contributed by atoms with Crippen LogP contribution >= 0.6 is 0 Å². The molecule has 3 heterocycles. The van der Waals surface area contributed by atoms with E-state index in [1.54, 1.807) is 0 Å². The zero-order valence-corrected chi connectivity index (χ0v) is 15.2. The van der Waals surface area contributed by atoms with Gasteiger partial charge in [0.25, 0.3) is 5.56 Å². The average Bonchev–Trinajstić information content (AvgIpc) is 3.13. The normalized spacial score (nSPS) is 18.7. The van der Waals surface area contributed by atoms with Crippen LogP contribution in [0, 0.1) is 0 Å². The van der Waals surface area contributed by atoms with Crippen LogP contribution in [-0.4, -0.2) is 33.1 Å². The van der Waals surface area contributed by atoms with Crippen molar-refractivity contribution in [3.05, 3.63) is 58.0 Å². The summed E-state index contributed by atoms with van der Waals surface area (Å²) in [4.78, 5) is 22.3. The molecule has 1 aromatic carbocycles. The second-order valence-corrected chi connectivity index (χ2v) is 7.43. The standard InChI is InChI=1S/C20H24N4O2/c1-13(2)18-22-20(26-23-18)15-7-5-9-24(11-15)12-16-10-14-6-3-4-8-17(14)21-19(16)25/h3-4,6,8,10,13,15H,5,7,9,11-12H2,1-2H3,(H,21,25)/t15-/m0/s1. The van der Waals surface area contributed by atoms with Crippen molar-refractivity contribution in [3.8, 4) is 0 Å². The molecule has 1 aliphatic rings. The average molecular weight is 352 g/mol. The molecule has 0 saturated carbocycles. The molecule has 0 bridgehead atoms. The zero-order chi connectivity index (χ0) is 18.1. The molecule has 0 unspecified atom stereocenters. The van der Waals surface area contributed by atoms with Gasteiger partial charge in [0.2, 0.25) is 5.89 Å². The molecule has 0 aliphatic carbocycles. The lowest BCUT2D eigenvalue weighted by molar-refractivity contribution is 0.179. The third-order valence-corrected chi connectivity index (χ3v) is 5.05. The van der Waals surface area contributed by atoms with Crippen molar-refractivity contribution in [2.75, 3.05) is 13.1 Å². The minimum absolute atomic E-state index is 0.00860. The number of para-hydroxylation sites is 1. The summed E-state index contributed by atoms with van der Waals surface area (Å²) in [5.74, 6) is 2.00. The molecule has 0 spiro atoms. The zero-order valence-electron chi connectivity index (χ0n) is 15.2. The minimum atomic E-state index is -0.00860. The van der Waals surface area contributed by atoms with Gasteiger partial charge in [-0.25, -0.2) is 0 Å². The Morgan fingerprint density at radius 3 is 3.00 bits per heavy atom. The number of pyridine rings is 1. The topological polar surface area (TPSA) is 75.0 Å². The number of hydrogen-bond donors (Lipinski definition) is 1. The molecule has 6 heteroatoms. The smallest absolute Gasteiger partial charge is 0.252 e. The highest BCUT2D eigenvalue weighted by molar-refractivity contribution is 5.78. The van der Waals surface area contributed by atoms with E-state index in [-0.39, 0.29) is 17.4 Å².